The number of halogens is 2. The number of amides is 1. The Morgan fingerprint density at radius 2 is 1.91 bits per heavy atom. The monoisotopic (exact) mass is 461 g/mol. The third-order valence-electron chi connectivity index (χ3n) is 6.45. The van der Waals surface area contributed by atoms with Gasteiger partial charge in [-0.25, -0.2) is 18.7 Å². The fourth-order valence-electron chi connectivity index (χ4n) is 4.73. The van der Waals surface area contributed by atoms with Crippen LogP contribution in [0.1, 0.15) is 12.0 Å². The molecule has 1 fully saturated rings. The molecule has 0 saturated carbocycles. The summed E-state index contributed by atoms with van der Waals surface area (Å²) in [7, 11) is 0. The number of anilines is 2. The van der Waals surface area contributed by atoms with Gasteiger partial charge in [-0.3, -0.25) is 9.20 Å². The summed E-state index contributed by atoms with van der Waals surface area (Å²) in [4.78, 5) is 23.0. The Bertz CT molecular complexity index is 1420. The maximum Gasteiger partial charge on any atom is 0.228 e. The zero-order valence-corrected chi connectivity index (χ0v) is 18.1. The number of alkyl halides is 1. The Morgan fingerprint density at radius 3 is 2.71 bits per heavy atom. The Hall–Kier alpha value is -3.85. The van der Waals surface area contributed by atoms with Crippen molar-refractivity contribution in [2.24, 2.45) is 0 Å². The minimum atomic E-state index is -1.37. The number of carbonyl (C=O) groups is 1. The molecule has 2 aliphatic heterocycles. The highest BCUT2D eigenvalue weighted by molar-refractivity contribution is 6.00. The van der Waals surface area contributed by atoms with Crippen molar-refractivity contribution in [2.75, 3.05) is 23.3 Å². The highest BCUT2D eigenvalue weighted by atomic mass is 19.1. The number of nitrogens with zero attached hydrogens (tertiary/aromatic N) is 4. The average molecular weight is 461 g/mol. The number of aliphatic hydroxyl groups excluding tert-OH is 1. The minimum Gasteiger partial charge on any atom is -0.390 e. The van der Waals surface area contributed by atoms with Crippen molar-refractivity contribution < 1.29 is 18.7 Å². The first-order valence-corrected chi connectivity index (χ1v) is 11.1. The summed E-state index contributed by atoms with van der Waals surface area (Å²) in [5.74, 6) is 0.118. The molecule has 4 aromatic rings. The fourth-order valence-corrected chi connectivity index (χ4v) is 4.73. The molecule has 2 N–H and O–H groups in total. The Labute approximate surface area is 193 Å². The maximum atomic E-state index is 14.3. The van der Waals surface area contributed by atoms with E-state index in [0.29, 0.717) is 36.5 Å². The van der Waals surface area contributed by atoms with Gasteiger partial charge in [0.05, 0.1) is 30.5 Å². The number of carbonyl (C=O) groups excluding carboxylic acids is 1. The van der Waals surface area contributed by atoms with Crippen LogP contribution in [0.5, 0.6) is 0 Å². The number of aromatic nitrogens is 3. The molecule has 4 heterocycles. The summed E-state index contributed by atoms with van der Waals surface area (Å²) < 4.78 is 29.9. The second kappa shape index (κ2) is 7.88. The van der Waals surface area contributed by atoms with E-state index in [1.54, 1.807) is 29.4 Å². The zero-order chi connectivity index (χ0) is 23.4. The summed E-state index contributed by atoms with van der Waals surface area (Å²) in [6, 6.07) is 11.8. The van der Waals surface area contributed by atoms with Crippen LogP contribution in [-0.4, -0.2) is 50.7 Å². The molecule has 0 radical (unpaired) electrons. The molecule has 0 bridgehead atoms. The van der Waals surface area contributed by atoms with Crippen LogP contribution in [0, 0.1) is 5.82 Å². The van der Waals surface area contributed by atoms with Gasteiger partial charge in [0.2, 0.25) is 5.91 Å². The van der Waals surface area contributed by atoms with Crippen LogP contribution in [0.25, 0.3) is 28.2 Å². The first-order valence-electron chi connectivity index (χ1n) is 11.1. The summed E-state index contributed by atoms with van der Waals surface area (Å²) in [5, 5.41) is 12.7. The van der Waals surface area contributed by atoms with Crippen molar-refractivity contribution in [3.05, 3.63) is 66.2 Å². The number of piperidine rings is 1. The quantitative estimate of drug-likeness (QED) is 0.487. The van der Waals surface area contributed by atoms with E-state index in [1.165, 1.54) is 12.1 Å². The maximum absolute atomic E-state index is 14.3. The molecular formula is C25H21F2N5O2. The first-order chi connectivity index (χ1) is 16.5. The van der Waals surface area contributed by atoms with Gasteiger partial charge in [-0.05, 0) is 48.4 Å². The van der Waals surface area contributed by atoms with Crippen molar-refractivity contribution in [1.82, 2.24) is 14.4 Å². The number of imidazole rings is 1. The van der Waals surface area contributed by atoms with Crippen LogP contribution in [-0.2, 0) is 11.2 Å². The van der Waals surface area contributed by atoms with Gasteiger partial charge in [0.15, 0.2) is 11.5 Å². The lowest BCUT2D eigenvalue weighted by atomic mass is 10.0. The normalized spacial score (nSPS) is 20.0. The molecule has 2 aliphatic rings. The van der Waals surface area contributed by atoms with Gasteiger partial charge >= 0.3 is 0 Å². The minimum absolute atomic E-state index is 0.0224. The van der Waals surface area contributed by atoms with Crippen molar-refractivity contribution in [3.63, 3.8) is 0 Å². The molecule has 2 atom stereocenters. The standard InChI is InChI=1S/C25H21F2N5O2/c26-17-4-1-14(2-5-17)22-23(15-3-6-19-16(11-15)12-21(34)29-19)32-10-8-28-24(25(32)30-22)31-9-7-20(33)18(27)13-31/h1-6,8,10-11,18,20,33H,7,9,12-13H2,(H,29,34)/t18-,20-/m1/s1. The average Bonchev–Trinajstić information content (AvgIpc) is 3.40. The van der Waals surface area contributed by atoms with E-state index in [-0.39, 0.29) is 18.3 Å². The summed E-state index contributed by atoms with van der Waals surface area (Å²) >= 11 is 0. The molecule has 9 heteroatoms. The Kier molecular flexibility index (Phi) is 4.80. The molecule has 0 unspecified atom stereocenters. The van der Waals surface area contributed by atoms with Crippen LogP contribution < -0.4 is 10.2 Å². The second-order valence-electron chi connectivity index (χ2n) is 8.68. The van der Waals surface area contributed by atoms with Crippen LogP contribution in [0.15, 0.2) is 54.9 Å². The van der Waals surface area contributed by atoms with E-state index in [0.717, 1.165) is 28.1 Å². The number of fused-ring (bicyclic) bond motifs is 2. The van der Waals surface area contributed by atoms with Crippen LogP contribution in [0.2, 0.25) is 0 Å². The number of hydrogen-bond acceptors (Lipinski definition) is 5. The van der Waals surface area contributed by atoms with Crippen LogP contribution >= 0.6 is 0 Å². The molecule has 1 amide bonds. The van der Waals surface area contributed by atoms with Crippen molar-refractivity contribution in [1.29, 1.82) is 0 Å². The van der Waals surface area contributed by atoms with Crippen molar-refractivity contribution >= 4 is 23.1 Å². The molecule has 0 spiro atoms. The fraction of sp³-hybridized carbons (Fsp3) is 0.240. The lowest BCUT2D eigenvalue weighted by Crippen LogP contribution is -2.45. The number of benzene rings is 2. The molecule has 6 rings (SSSR count). The van der Waals surface area contributed by atoms with E-state index in [2.05, 4.69) is 10.3 Å². The second-order valence-corrected chi connectivity index (χ2v) is 8.68. The van der Waals surface area contributed by atoms with Gasteiger partial charge in [-0.2, -0.15) is 0 Å². The Morgan fingerprint density at radius 1 is 1.12 bits per heavy atom. The highest BCUT2D eigenvalue weighted by Gasteiger charge is 2.30. The molecule has 0 aliphatic carbocycles. The van der Waals surface area contributed by atoms with E-state index in [4.69, 9.17) is 4.98 Å². The van der Waals surface area contributed by atoms with E-state index in [1.807, 2.05) is 22.6 Å². The number of hydrogen-bond donors (Lipinski definition) is 2. The van der Waals surface area contributed by atoms with Gasteiger partial charge in [-0.15, -0.1) is 0 Å². The SMILES string of the molecule is O=C1Cc2cc(-c3c(-c4ccc(F)cc4)nc4c(N5CC[C@@H](O)[C@H](F)C5)nccn34)ccc2N1. The summed E-state index contributed by atoms with van der Waals surface area (Å²) in [6.45, 7) is 0.476. The third-order valence-corrected chi connectivity index (χ3v) is 6.45. The predicted molar refractivity (Wildman–Crippen MR) is 124 cm³/mol. The summed E-state index contributed by atoms with van der Waals surface area (Å²) in [5.41, 5.74) is 5.17. The Balaban J connectivity index is 1.55. The lowest BCUT2D eigenvalue weighted by Gasteiger charge is -2.32. The van der Waals surface area contributed by atoms with Gasteiger partial charge in [0, 0.05) is 35.8 Å². The van der Waals surface area contributed by atoms with Crippen molar-refractivity contribution in [3.8, 4) is 22.5 Å². The van der Waals surface area contributed by atoms with E-state index in [9.17, 15) is 18.7 Å². The van der Waals surface area contributed by atoms with Crippen LogP contribution in [0.3, 0.4) is 0 Å². The zero-order valence-electron chi connectivity index (χ0n) is 18.1. The lowest BCUT2D eigenvalue weighted by molar-refractivity contribution is -0.115. The van der Waals surface area contributed by atoms with Gasteiger partial charge in [-0.1, -0.05) is 6.07 Å². The molecule has 1 saturated heterocycles. The topological polar surface area (TPSA) is 82.8 Å². The predicted octanol–water partition coefficient (Wildman–Crippen LogP) is 3.61. The smallest absolute Gasteiger partial charge is 0.228 e. The highest BCUT2D eigenvalue weighted by Crippen LogP contribution is 2.37. The molecule has 172 valence electrons. The number of aliphatic hydroxyl groups is 1. The van der Waals surface area contributed by atoms with Gasteiger partial charge in [0.25, 0.3) is 0 Å². The van der Waals surface area contributed by atoms with Crippen molar-refractivity contribution in [2.45, 2.75) is 25.1 Å². The van der Waals surface area contributed by atoms with E-state index < -0.39 is 12.3 Å². The summed E-state index contributed by atoms with van der Waals surface area (Å²) in [6.07, 6.45) is 1.67. The molecular weight excluding hydrogens is 440 g/mol. The molecule has 2 aromatic carbocycles. The number of rotatable bonds is 3. The first kappa shape index (κ1) is 20.7. The van der Waals surface area contributed by atoms with Gasteiger partial charge < -0.3 is 15.3 Å². The molecule has 7 nitrogen and oxygen atoms in total. The third kappa shape index (κ3) is 3.40. The largest absolute Gasteiger partial charge is 0.390 e. The molecule has 34 heavy (non-hydrogen) atoms. The van der Waals surface area contributed by atoms with Gasteiger partial charge in [0.1, 0.15) is 12.0 Å². The number of nitrogens with one attached hydrogen (secondary N) is 1. The van der Waals surface area contributed by atoms with E-state index >= 15 is 0 Å². The molecule has 2 aromatic heterocycles. The van der Waals surface area contributed by atoms with Crippen LogP contribution in [0.4, 0.5) is 20.3 Å².